The smallest absolute Gasteiger partial charge is 0.164 e. The Kier molecular flexibility index (Phi) is 8.61. The minimum absolute atomic E-state index is 0.173. The van der Waals surface area contributed by atoms with Crippen LogP contribution < -0.4 is 0 Å². The fourth-order valence-electron chi connectivity index (χ4n) is 11.7. The molecule has 72 heavy (non-hydrogen) atoms. The molecule has 338 valence electrons. The van der Waals surface area contributed by atoms with Gasteiger partial charge in [0, 0.05) is 65.8 Å². The number of hydrogen-bond donors (Lipinski definition) is 0. The number of para-hydroxylation sites is 2. The van der Waals surface area contributed by atoms with E-state index in [9.17, 15) is 0 Å². The maximum absolute atomic E-state index is 6.24. The van der Waals surface area contributed by atoms with Crippen molar-refractivity contribution in [3.8, 4) is 67.8 Å². The molecule has 0 saturated heterocycles. The van der Waals surface area contributed by atoms with Crippen LogP contribution in [0.1, 0.15) is 25.0 Å². The van der Waals surface area contributed by atoms with Crippen molar-refractivity contribution in [2.24, 2.45) is 0 Å². The largest absolute Gasteiger partial charge is 0.456 e. The Morgan fingerprint density at radius 1 is 0.319 bits per heavy atom. The molecule has 0 amide bonds. The Morgan fingerprint density at radius 2 is 0.861 bits per heavy atom. The summed E-state index contributed by atoms with van der Waals surface area (Å²) in [5.74, 6) is 1.90. The third-order valence-corrected chi connectivity index (χ3v) is 15.2. The third-order valence-electron chi connectivity index (χ3n) is 15.2. The van der Waals surface area contributed by atoms with E-state index in [0.717, 1.165) is 77.7 Å². The van der Waals surface area contributed by atoms with Crippen molar-refractivity contribution >= 4 is 65.6 Å². The molecule has 0 spiro atoms. The Balaban J connectivity index is 0.917. The van der Waals surface area contributed by atoms with E-state index >= 15 is 0 Å². The highest BCUT2D eigenvalue weighted by atomic mass is 16.3. The van der Waals surface area contributed by atoms with E-state index in [2.05, 4.69) is 199 Å². The molecule has 4 heterocycles. The van der Waals surface area contributed by atoms with E-state index in [1.54, 1.807) is 0 Å². The van der Waals surface area contributed by atoms with Crippen LogP contribution in [0.25, 0.3) is 133 Å². The van der Waals surface area contributed by atoms with Crippen LogP contribution in [-0.2, 0) is 5.41 Å². The van der Waals surface area contributed by atoms with Crippen molar-refractivity contribution in [2.75, 3.05) is 0 Å². The number of rotatable bonds is 6. The summed E-state index contributed by atoms with van der Waals surface area (Å²) in [5.41, 5.74) is 18.8. The molecular formula is C66H43N5O. The van der Waals surface area contributed by atoms with E-state index in [4.69, 9.17) is 19.4 Å². The number of aromatic nitrogens is 5. The van der Waals surface area contributed by atoms with Crippen LogP contribution in [0.3, 0.4) is 0 Å². The summed E-state index contributed by atoms with van der Waals surface area (Å²) < 4.78 is 11.1. The molecule has 0 bridgehead atoms. The molecule has 0 radical (unpaired) electrons. The van der Waals surface area contributed by atoms with Gasteiger partial charge in [-0.05, 0) is 112 Å². The average molecular weight is 922 g/mol. The molecule has 6 nitrogen and oxygen atoms in total. The molecule has 4 aromatic heterocycles. The van der Waals surface area contributed by atoms with Gasteiger partial charge in [-0.3, -0.25) is 0 Å². The first kappa shape index (κ1) is 40.5. The van der Waals surface area contributed by atoms with Crippen molar-refractivity contribution < 1.29 is 4.42 Å². The molecule has 14 aromatic rings. The second-order valence-corrected chi connectivity index (χ2v) is 19.6. The molecule has 0 aliphatic heterocycles. The van der Waals surface area contributed by atoms with E-state index < -0.39 is 0 Å². The summed E-state index contributed by atoms with van der Waals surface area (Å²) in [6.07, 6.45) is 0. The Bertz CT molecular complexity index is 4480. The maximum atomic E-state index is 6.24. The zero-order valence-electron chi connectivity index (χ0n) is 39.5. The molecule has 10 aromatic carbocycles. The minimum Gasteiger partial charge on any atom is -0.456 e. The van der Waals surface area contributed by atoms with Crippen molar-refractivity contribution in [1.82, 2.24) is 24.1 Å². The van der Waals surface area contributed by atoms with Gasteiger partial charge < -0.3 is 13.6 Å². The van der Waals surface area contributed by atoms with Crippen molar-refractivity contribution in [3.63, 3.8) is 0 Å². The van der Waals surface area contributed by atoms with Crippen LogP contribution in [0.5, 0.6) is 0 Å². The summed E-state index contributed by atoms with van der Waals surface area (Å²) in [6.45, 7) is 4.71. The first-order valence-corrected chi connectivity index (χ1v) is 24.6. The first-order valence-electron chi connectivity index (χ1n) is 24.6. The molecule has 1 aliphatic carbocycles. The van der Waals surface area contributed by atoms with Crippen LogP contribution >= 0.6 is 0 Å². The zero-order chi connectivity index (χ0) is 47.7. The molecule has 0 atom stereocenters. The highest BCUT2D eigenvalue weighted by Gasteiger charge is 2.36. The second-order valence-electron chi connectivity index (χ2n) is 19.6. The predicted octanol–water partition coefficient (Wildman–Crippen LogP) is 16.9. The summed E-state index contributed by atoms with van der Waals surface area (Å²) in [7, 11) is 0. The predicted molar refractivity (Wildman–Crippen MR) is 295 cm³/mol. The topological polar surface area (TPSA) is 61.7 Å². The molecule has 0 unspecified atom stereocenters. The summed E-state index contributed by atoms with van der Waals surface area (Å²) in [4.78, 5) is 15.2. The van der Waals surface area contributed by atoms with Crippen molar-refractivity contribution in [2.45, 2.75) is 19.3 Å². The zero-order valence-corrected chi connectivity index (χ0v) is 39.5. The van der Waals surface area contributed by atoms with Gasteiger partial charge in [-0.1, -0.05) is 159 Å². The molecule has 1 aliphatic rings. The molecule has 0 saturated carbocycles. The highest BCUT2D eigenvalue weighted by molar-refractivity contribution is 6.14. The summed E-state index contributed by atoms with van der Waals surface area (Å²) >= 11 is 0. The van der Waals surface area contributed by atoms with Gasteiger partial charge in [0.05, 0.1) is 22.1 Å². The normalized spacial score (nSPS) is 13.0. The van der Waals surface area contributed by atoms with Crippen molar-refractivity contribution in [1.29, 1.82) is 0 Å². The Labute approximate surface area is 414 Å². The fourth-order valence-corrected chi connectivity index (χ4v) is 11.7. The van der Waals surface area contributed by atoms with E-state index in [1.165, 1.54) is 49.3 Å². The number of fused-ring (bicyclic) bond motifs is 12. The monoisotopic (exact) mass is 921 g/mol. The van der Waals surface area contributed by atoms with E-state index in [-0.39, 0.29) is 5.41 Å². The van der Waals surface area contributed by atoms with Gasteiger partial charge in [0.1, 0.15) is 11.2 Å². The average Bonchev–Trinajstić information content (AvgIpc) is 4.15. The van der Waals surface area contributed by atoms with E-state index in [0.29, 0.717) is 17.5 Å². The number of furan rings is 1. The lowest BCUT2D eigenvalue weighted by molar-refractivity contribution is 0.661. The van der Waals surface area contributed by atoms with Gasteiger partial charge in [0.15, 0.2) is 17.5 Å². The fraction of sp³-hybridized carbons (Fsp3) is 0.0455. The summed E-state index contributed by atoms with van der Waals surface area (Å²) in [6, 6.07) is 80.3. The van der Waals surface area contributed by atoms with Crippen LogP contribution in [0, 0.1) is 0 Å². The van der Waals surface area contributed by atoms with Crippen LogP contribution in [0.4, 0.5) is 0 Å². The molecule has 0 N–H and O–H groups in total. The van der Waals surface area contributed by atoms with Crippen LogP contribution in [0.15, 0.2) is 229 Å². The number of nitrogens with zero attached hydrogens (tertiary/aromatic N) is 5. The Morgan fingerprint density at radius 3 is 1.60 bits per heavy atom. The lowest BCUT2D eigenvalue weighted by Gasteiger charge is -2.21. The van der Waals surface area contributed by atoms with Gasteiger partial charge in [-0.15, -0.1) is 0 Å². The van der Waals surface area contributed by atoms with E-state index in [1.807, 2.05) is 48.5 Å². The molecular weight excluding hydrogens is 879 g/mol. The number of hydrogen-bond acceptors (Lipinski definition) is 4. The van der Waals surface area contributed by atoms with Gasteiger partial charge in [0.2, 0.25) is 0 Å². The highest BCUT2D eigenvalue weighted by Crippen LogP contribution is 2.51. The SMILES string of the molecule is CC1(C)c2ccccc2-c2cc3c4cc(-c5ccc6c(c5)c5ccccc5n6-c5ccc6oc7ccccc7c6c5)ccc4n(-c4cccc(-c5nc(-c6ccccc6)nc(-c6ccccc6)n5)c4)c3cc21. The van der Waals surface area contributed by atoms with Crippen molar-refractivity contribution in [3.05, 3.63) is 236 Å². The standard InChI is InChI=1S/C66H43N5O/c1-66(2)55-25-12-9-22-47(55)50-38-53-52-36-43(42-28-31-58-51(35-42)48-23-10-13-26-57(48)70(58)46-30-33-62-54(37-46)49-24-11-14-27-61(49)72-62)29-32-59(52)71(60(53)39-56(50)66)45-21-15-20-44(34-45)65-68-63(40-16-5-3-6-17-40)67-64(69-65)41-18-7-4-8-19-41/h3-39H,1-2H3. The molecule has 0 fully saturated rings. The van der Waals surface area contributed by atoms with Gasteiger partial charge in [-0.25, -0.2) is 15.0 Å². The Hall–Kier alpha value is -9.39. The lowest BCUT2D eigenvalue weighted by Crippen LogP contribution is -2.14. The third kappa shape index (κ3) is 6.05. The second kappa shape index (κ2) is 15.3. The maximum Gasteiger partial charge on any atom is 0.164 e. The first-order chi connectivity index (χ1) is 35.4. The van der Waals surface area contributed by atoms with Crippen LogP contribution in [-0.4, -0.2) is 24.1 Å². The van der Waals surface area contributed by atoms with Gasteiger partial charge in [-0.2, -0.15) is 0 Å². The summed E-state index contributed by atoms with van der Waals surface area (Å²) in [5, 5.41) is 7.06. The van der Waals surface area contributed by atoms with Gasteiger partial charge in [0.25, 0.3) is 0 Å². The van der Waals surface area contributed by atoms with Gasteiger partial charge >= 0.3 is 0 Å². The molecule has 15 rings (SSSR count). The lowest BCUT2D eigenvalue weighted by atomic mass is 9.82. The quantitative estimate of drug-likeness (QED) is 0.167. The number of benzene rings is 10. The van der Waals surface area contributed by atoms with Crippen LogP contribution in [0.2, 0.25) is 0 Å². The minimum atomic E-state index is -0.173. The molecule has 6 heteroatoms.